The van der Waals surface area contributed by atoms with Gasteiger partial charge in [0.2, 0.25) is 12.7 Å². The molecule has 7 heteroatoms. The fourth-order valence-corrected chi connectivity index (χ4v) is 5.19. The van der Waals surface area contributed by atoms with Gasteiger partial charge in [-0.1, -0.05) is 44.4 Å². The molecule has 3 rings (SSSR count). The zero-order chi connectivity index (χ0) is 25.4. The highest BCUT2D eigenvalue weighted by atomic mass is 16.7. The van der Waals surface area contributed by atoms with Crippen LogP contribution in [-0.4, -0.2) is 65.8 Å². The predicted octanol–water partition coefficient (Wildman–Crippen LogP) is 5.06. The third-order valence-electron chi connectivity index (χ3n) is 7.44. The number of allylic oxidation sites excluding steroid dienone is 2. The van der Waals surface area contributed by atoms with E-state index in [4.69, 9.17) is 9.47 Å². The van der Waals surface area contributed by atoms with Crippen LogP contribution in [0.4, 0.5) is 0 Å². The van der Waals surface area contributed by atoms with E-state index < -0.39 is 11.9 Å². The summed E-state index contributed by atoms with van der Waals surface area (Å²) in [5.41, 5.74) is 2.16. The minimum atomic E-state index is -0.806. The van der Waals surface area contributed by atoms with E-state index >= 15 is 0 Å². The predicted molar refractivity (Wildman–Crippen MR) is 137 cm³/mol. The maximum Gasteiger partial charge on any atom is 0.308 e. The summed E-state index contributed by atoms with van der Waals surface area (Å²) in [4.78, 5) is 30.1. The van der Waals surface area contributed by atoms with Gasteiger partial charge in [-0.2, -0.15) is 0 Å². The second-order valence-electron chi connectivity index (χ2n) is 9.84. The van der Waals surface area contributed by atoms with E-state index in [2.05, 4.69) is 31.7 Å². The van der Waals surface area contributed by atoms with Gasteiger partial charge in [0.15, 0.2) is 11.5 Å². The molecule has 7 nitrogen and oxygen atoms in total. The van der Waals surface area contributed by atoms with Gasteiger partial charge in [0.25, 0.3) is 0 Å². The number of carboxylic acid groups (broad SMARTS) is 1. The van der Waals surface area contributed by atoms with Gasteiger partial charge in [0.1, 0.15) is 0 Å². The Bertz CT molecular complexity index is 891. The Morgan fingerprint density at radius 3 is 2.46 bits per heavy atom. The summed E-state index contributed by atoms with van der Waals surface area (Å²) in [5.74, 6) is -0.158. The van der Waals surface area contributed by atoms with Gasteiger partial charge >= 0.3 is 5.97 Å². The van der Waals surface area contributed by atoms with Crippen molar-refractivity contribution in [3.8, 4) is 11.5 Å². The molecule has 0 aromatic heterocycles. The molecule has 3 unspecified atom stereocenters. The Balaban J connectivity index is 1.86. The molecule has 0 saturated carbocycles. The van der Waals surface area contributed by atoms with Crippen LogP contribution in [0.25, 0.3) is 0 Å². The molecule has 3 atom stereocenters. The summed E-state index contributed by atoms with van der Waals surface area (Å²) in [6, 6.07) is 5.52. The van der Waals surface area contributed by atoms with Crippen molar-refractivity contribution >= 4 is 11.9 Å². The number of unbranched alkanes of at least 4 members (excludes halogenated alkanes) is 2. The molecule has 1 saturated heterocycles. The fraction of sp³-hybridized carbons (Fsp3) is 0.643. The Labute approximate surface area is 210 Å². The number of nitrogens with zero attached hydrogens (tertiary/aromatic N) is 2. The number of ether oxygens (including phenoxy) is 2. The Morgan fingerprint density at radius 2 is 1.83 bits per heavy atom. The summed E-state index contributed by atoms with van der Waals surface area (Å²) in [5, 5.41) is 10.3. The van der Waals surface area contributed by atoms with Gasteiger partial charge in [0, 0.05) is 31.6 Å². The van der Waals surface area contributed by atoms with Crippen LogP contribution in [0.3, 0.4) is 0 Å². The van der Waals surface area contributed by atoms with Crippen molar-refractivity contribution in [1.82, 2.24) is 9.80 Å². The minimum Gasteiger partial charge on any atom is -0.481 e. The summed E-state index contributed by atoms with van der Waals surface area (Å²) < 4.78 is 11.0. The van der Waals surface area contributed by atoms with Crippen LogP contribution in [0.1, 0.15) is 77.7 Å². The smallest absolute Gasteiger partial charge is 0.308 e. The summed E-state index contributed by atoms with van der Waals surface area (Å²) >= 11 is 0. The number of carbonyl (C=O) groups excluding carboxylic acids is 1. The standard InChI is InChI=1S/C28H42N2O5/c1-5-8-14-29(15-9-6-2)26(31)18-30-17-22(21-11-13-24-25(16-21)35-19-34-24)27(28(32)33)23(30)12-10-20(4)7-3/h7,11,13,16,22-23,27H,5-6,8-10,12,14-15,17-19H2,1-4H3,(H,32,33)/b20-7+. The highest BCUT2D eigenvalue weighted by molar-refractivity contribution is 5.79. The lowest BCUT2D eigenvalue weighted by Gasteiger charge is -2.30. The van der Waals surface area contributed by atoms with Crippen LogP contribution in [0.2, 0.25) is 0 Å². The second kappa shape index (κ2) is 13.0. The number of aliphatic carboxylic acids is 1. The molecule has 1 N–H and O–H groups in total. The highest BCUT2D eigenvalue weighted by Crippen LogP contribution is 2.43. The van der Waals surface area contributed by atoms with Gasteiger partial charge in [-0.05, 0) is 57.2 Å². The van der Waals surface area contributed by atoms with E-state index in [-0.39, 0.29) is 31.2 Å². The van der Waals surface area contributed by atoms with E-state index in [1.54, 1.807) is 0 Å². The first kappa shape index (κ1) is 27.1. The summed E-state index contributed by atoms with van der Waals surface area (Å²) in [7, 11) is 0. The Morgan fingerprint density at radius 1 is 1.14 bits per heavy atom. The van der Waals surface area contributed by atoms with E-state index in [1.165, 1.54) is 5.57 Å². The average Bonchev–Trinajstić information content (AvgIpc) is 3.46. The topological polar surface area (TPSA) is 79.3 Å². The van der Waals surface area contributed by atoms with Crippen molar-refractivity contribution in [1.29, 1.82) is 0 Å². The molecule has 194 valence electrons. The normalized spacial score (nSPS) is 21.9. The lowest BCUT2D eigenvalue weighted by molar-refractivity contribution is -0.143. The molecular formula is C28H42N2O5. The number of likely N-dealkylation sites (tertiary alicyclic amines) is 1. The van der Waals surface area contributed by atoms with Gasteiger partial charge in [0.05, 0.1) is 12.5 Å². The molecule has 2 aliphatic rings. The number of amides is 1. The maximum atomic E-state index is 13.4. The van der Waals surface area contributed by atoms with E-state index in [0.717, 1.165) is 50.8 Å². The molecular weight excluding hydrogens is 444 g/mol. The fourth-order valence-electron chi connectivity index (χ4n) is 5.19. The maximum absolute atomic E-state index is 13.4. The monoisotopic (exact) mass is 486 g/mol. The van der Waals surface area contributed by atoms with Crippen molar-refractivity contribution in [3.05, 3.63) is 35.4 Å². The SMILES string of the molecule is C/C=C(\C)CCC1C(C(=O)O)C(c2ccc3c(c2)OCO3)CN1CC(=O)N(CCCC)CCCC. The first-order valence-corrected chi connectivity index (χ1v) is 13.2. The van der Waals surface area contributed by atoms with Gasteiger partial charge in [-0.3, -0.25) is 14.5 Å². The molecule has 1 amide bonds. The van der Waals surface area contributed by atoms with Crippen LogP contribution in [0.5, 0.6) is 11.5 Å². The van der Waals surface area contributed by atoms with Crippen LogP contribution in [0, 0.1) is 5.92 Å². The van der Waals surface area contributed by atoms with Crippen molar-refractivity contribution < 1.29 is 24.2 Å². The Kier molecular flexibility index (Phi) is 10.0. The third kappa shape index (κ3) is 6.78. The molecule has 1 fully saturated rings. The molecule has 1 aromatic carbocycles. The van der Waals surface area contributed by atoms with Crippen molar-refractivity contribution in [2.45, 2.75) is 78.2 Å². The molecule has 0 spiro atoms. The quantitative estimate of drug-likeness (QED) is 0.393. The first-order chi connectivity index (χ1) is 16.9. The number of carbonyl (C=O) groups is 2. The minimum absolute atomic E-state index is 0.107. The summed E-state index contributed by atoms with van der Waals surface area (Å²) in [6.07, 6.45) is 7.65. The number of carboxylic acids is 1. The van der Waals surface area contributed by atoms with Crippen molar-refractivity contribution in [2.75, 3.05) is 33.0 Å². The van der Waals surface area contributed by atoms with E-state index in [9.17, 15) is 14.7 Å². The van der Waals surface area contributed by atoms with Crippen molar-refractivity contribution in [3.63, 3.8) is 0 Å². The van der Waals surface area contributed by atoms with Crippen LogP contribution in [-0.2, 0) is 9.59 Å². The molecule has 35 heavy (non-hydrogen) atoms. The van der Waals surface area contributed by atoms with E-state index in [1.807, 2.05) is 30.0 Å². The van der Waals surface area contributed by atoms with Crippen LogP contribution in [0.15, 0.2) is 29.8 Å². The van der Waals surface area contributed by atoms with Gasteiger partial charge in [-0.25, -0.2) is 0 Å². The molecule has 2 aliphatic heterocycles. The lowest BCUT2D eigenvalue weighted by atomic mass is 9.83. The van der Waals surface area contributed by atoms with Crippen molar-refractivity contribution in [2.24, 2.45) is 5.92 Å². The van der Waals surface area contributed by atoms with Crippen LogP contribution >= 0.6 is 0 Å². The number of hydrogen-bond acceptors (Lipinski definition) is 5. The third-order valence-corrected chi connectivity index (χ3v) is 7.44. The second-order valence-corrected chi connectivity index (χ2v) is 9.84. The molecule has 0 aliphatic carbocycles. The zero-order valence-electron chi connectivity index (χ0n) is 21.8. The Hall–Kier alpha value is -2.54. The van der Waals surface area contributed by atoms with E-state index in [0.29, 0.717) is 24.5 Å². The lowest BCUT2D eigenvalue weighted by Crippen LogP contribution is -2.44. The number of rotatable bonds is 13. The number of hydrogen-bond donors (Lipinski definition) is 1. The molecule has 0 bridgehead atoms. The average molecular weight is 487 g/mol. The largest absolute Gasteiger partial charge is 0.481 e. The first-order valence-electron chi connectivity index (χ1n) is 13.2. The molecule has 2 heterocycles. The summed E-state index contributed by atoms with van der Waals surface area (Å²) in [6.45, 7) is 10.9. The van der Waals surface area contributed by atoms with Gasteiger partial charge < -0.3 is 19.5 Å². The molecule has 0 radical (unpaired) electrons. The van der Waals surface area contributed by atoms with Crippen LogP contribution < -0.4 is 9.47 Å². The number of fused-ring (bicyclic) bond motifs is 1. The highest BCUT2D eigenvalue weighted by Gasteiger charge is 2.47. The molecule has 1 aromatic rings. The number of benzene rings is 1. The van der Waals surface area contributed by atoms with Gasteiger partial charge in [-0.15, -0.1) is 0 Å². The zero-order valence-corrected chi connectivity index (χ0v) is 21.8.